The van der Waals surface area contributed by atoms with E-state index in [9.17, 15) is 14.0 Å². The summed E-state index contributed by atoms with van der Waals surface area (Å²) in [6, 6.07) is 8.12. The average molecular weight is 422 g/mol. The van der Waals surface area contributed by atoms with Crippen molar-refractivity contribution in [2.24, 2.45) is 0 Å². The number of aryl methyl sites for hydroxylation is 1. The number of rotatable bonds is 5. The highest BCUT2D eigenvalue weighted by Crippen LogP contribution is 2.24. The molecule has 0 saturated heterocycles. The van der Waals surface area contributed by atoms with Gasteiger partial charge in [-0.15, -0.1) is 0 Å². The quantitative estimate of drug-likeness (QED) is 0.660. The molecule has 0 atom stereocenters. The molecule has 0 aliphatic carbocycles. The highest BCUT2D eigenvalue weighted by Gasteiger charge is 2.18. The zero-order valence-corrected chi connectivity index (χ0v) is 17.4. The van der Waals surface area contributed by atoms with Crippen molar-refractivity contribution in [2.75, 3.05) is 20.2 Å². The van der Waals surface area contributed by atoms with Crippen LogP contribution in [0.4, 0.5) is 4.39 Å². The SMILES string of the molecule is CCc1cc2ncc(CN3CC=C(c4ccc(C(=O)NC)cc4F)CO3)cc2[nH]c1=O. The molecule has 1 aliphatic heterocycles. The summed E-state index contributed by atoms with van der Waals surface area (Å²) in [6.07, 6.45) is 4.32. The van der Waals surface area contributed by atoms with Crippen LogP contribution >= 0.6 is 0 Å². The van der Waals surface area contributed by atoms with Gasteiger partial charge in [-0.25, -0.2) is 4.39 Å². The van der Waals surface area contributed by atoms with E-state index in [0.717, 1.165) is 16.7 Å². The Morgan fingerprint density at radius 2 is 2.16 bits per heavy atom. The molecule has 0 saturated carbocycles. The average Bonchev–Trinajstić information content (AvgIpc) is 2.78. The Morgan fingerprint density at radius 3 is 2.84 bits per heavy atom. The number of H-pyrrole nitrogens is 1. The highest BCUT2D eigenvalue weighted by molar-refractivity contribution is 5.94. The Labute approximate surface area is 178 Å². The molecule has 0 unspecified atom stereocenters. The van der Waals surface area contributed by atoms with Gasteiger partial charge in [0.15, 0.2) is 0 Å². The minimum Gasteiger partial charge on any atom is -0.355 e. The van der Waals surface area contributed by atoms with Gasteiger partial charge in [0, 0.05) is 36.5 Å². The van der Waals surface area contributed by atoms with Gasteiger partial charge in [-0.1, -0.05) is 19.1 Å². The molecule has 1 aliphatic rings. The van der Waals surface area contributed by atoms with Gasteiger partial charge in [0.2, 0.25) is 0 Å². The third kappa shape index (κ3) is 4.40. The van der Waals surface area contributed by atoms with Crippen LogP contribution in [0.1, 0.15) is 34.0 Å². The van der Waals surface area contributed by atoms with Gasteiger partial charge >= 0.3 is 0 Å². The number of carbonyl (C=O) groups is 1. The number of benzene rings is 1. The topological polar surface area (TPSA) is 87.3 Å². The summed E-state index contributed by atoms with van der Waals surface area (Å²) in [5.41, 5.74) is 4.36. The van der Waals surface area contributed by atoms with E-state index in [-0.39, 0.29) is 23.6 Å². The third-order valence-corrected chi connectivity index (χ3v) is 5.31. The monoisotopic (exact) mass is 422 g/mol. The zero-order valence-electron chi connectivity index (χ0n) is 17.4. The summed E-state index contributed by atoms with van der Waals surface area (Å²) in [4.78, 5) is 36.8. The number of aromatic amines is 1. The van der Waals surface area contributed by atoms with Crippen LogP contribution in [0.2, 0.25) is 0 Å². The molecule has 160 valence electrons. The van der Waals surface area contributed by atoms with Crippen molar-refractivity contribution < 1.29 is 14.0 Å². The number of aromatic nitrogens is 2. The number of fused-ring (bicyclic) bond motifs is 1. The Morgan fingerprint density at radius 1 is 1.32 bits per heavy atom. The molecule has 0 radical (unpaired) electrons. The summed E-state index contributed by atoms with van der Waals surface area (Å²) in [6.45, 7) is 3.09. The Kier molecular flexibility index (Phi) is 5.92. The Hall–Kier alpha value is -3.36. The number of pyridine rings is 2. The maximum absolute atomic E-state index is 14.5. The number of amides is 1. The summed E-state index contributed by atoms with van der Waals surface area (Å²) >= 11 is 0. The van der Waals surface area contributed by atoms with Crippen molar-refractivity contribution in [3.63, 3.8) is 0 Å². The number of nitrogens with zero attached hydrogens (tertiary/aromatic N) is 2. The number of hydrogen-bond acceptors (Lipinski definition) is 5. The first kappa shape index (κ1) is 20.9. The Balaban J connectivity index is 1.47. The number of hydroxylamine groups is 2. The molecule has 3 aromatic rings. The fraction of sp³-hybridized carbons (Fsp3) is 0.261. The molecule has 31 heavy (non-hydrogen) atoms. The summed E-state index contributed by atoms with van der Waals surface area (Å²) in [7, 11) is 1.51. The third-order valence-electron chi connectivity index (χ3n) is 5.31. The van der Waals surface area contributed by atoms with E-state index in [1.807, 2.05) is 25.1 Å². The standard InChI is InChI=1S/C23H23FN4O3/c1-3-15-10-20-21(27-23(15)30)8-14(11-26-20)12-28-7-6-17(13-31-28)18-5-4-16(9-19(18)24)22(29)25-2/h4-6,8-11H,3,7,12-13H2,1-2H3,(H,25,29)(H,27,30). The fourth-order valence-electron chi connectivity index (χ4n) is 3.56. The van der Waals surface area contributed by atoms with E-state index < -0.39 is 5.82 Å². The van der Waals surface area contributed by atoms with E-state index in [2.05, 4.69) is 15.3 Å². The molecular weight excluding hydrogens is 399 g/mol. The van der Waals surface area contributed by atoms with Crippen LogP contribution in [0.5, 0.6) is 0 Å². The molecular formula is C23H23FN4O3. The molecule has 2 N–H and O–H groups in total. The van der Waals surface area contributed by atoms with E-state index in [0.29, 0.717) is 36.2 Å². The number of carbonyl (C=O) groups excluding carboxylic acids is 1. The second-order valence-corrected chi connectivity index (χ2v) is 7.35. The molecule has 0 fully saturated rings. The van der Waals surface area contributed by atoms with Gasteiger partial charge in [0.05, 0.1) is 24.2 Å². The van der Waals surface area contributed by atoms with Gasteiger partial charge in [-0.3, -0.25) is 19.4 Å². The second-order valence-electron chi connectivity index (χ2n) is 7.35. The van der Waals surface area contributed by atoms with E-state index in [1.165, 1.54) is 13.1 Å². The molecule has 3 heterocycles. The first-order valence-electron chi connectivity index (χ1n) is 10.1. The zero-order chi connectivity index (χ0) is 22.0. The van der Waals surface area contributed by atoms with Crippen LogP contribution in [-0.4, -0.2) is 41.1 Å². The maximum Gasteiger partial charge on any atom is 0.251 e. The van der Waals surface area contributed by atoms with E-state index in [1.54, 1.807) is 23.4 Å². The second kappa shape index (κ2) is 8.79. The van der Waals surface area contributed by atoms with E-state index >= 15 is 0 Å². The summed E-state index contributed by atoms with van der Waals surface area (Å²) < 4.78 is 14.5. The van der Waals surface area contributed by atoms with Crippen molar-refractivity contribution in [2.45, 2.75) is 19.9 Å². The predicted octanol–water partition coefficient (Wildman–Crippen LogP) is 2.82. The molecule has 1 amide bonds. The van der Waals surface area contributed by atoms with Crippen LogP contribution in [0.15, 0.2) is 47.4 Å². The van der Waals surface area contributed by atoms with Gasteiger partial charge in [-0.05, 0) is 41.8 Å². The highest BCUT2D eigenvalue weighted by atomic mass is 19.1. The number of halogens is 1. The molecule has 0 spiro atoms. The lowest BCUT2D eigenvalue weighted by Gasteiger charge is -2.26. The van der Waals surface area contributed by atoms with Crippen molar-refractivity contribution >= 4 is 22.5 Å². The number of hydrogen-bond donors (Lipinski definition) is 2. The summed E-state index contributed by atoms with van der Waals surface area (Å²) in [5.74, 6) is -0.791. The smallest absolute Gasteiger partial charge is 0.251 e. The van der Waals surface area contributed by atoms with Crippen molar-refractivity contribution in [1.82, 2.24) is 20.3 Å². The Bertz CT molecular complexity index is 1240. The minimum atomic E-state index is -0.460. The molecule has 4 rings (SSSR count). The van der Waals surface area contributed by atoms with Crippen LogP contribution in [0.3, 0.4) is 0 Å². The lowest BCUT2D eigenvalue weighted by molar-refractivity contribution is -0.150. The van der Waals surface area contributed by atoms with Crippen molar-refractivity contribution in [1.29, 1.82) is 0 Å². The normalized spacial score (nSPS) is 14.5. The lowest BCUT2D eigenvalue weighted by Crippen LogP contribution is -2.28. The van der Waals surface area contributed by atoms with Crippen LogP contribution in [0, 0.1) is 5.82 Å². The maximum atomic E-state index is 14.5. The van der Waals surface area contributed by atoms with Gasteiger partial charge in [0.1, 0.15) is 5.82 Å². The van der Waals surface area contributed by atoms with Gasteiger partial charge in [-0.2, -0.15) is 5.06 Å². The lowest BCUT2D eigenvalue weighted by atomic mass is 10.0. The van der Waals surface area contributed by atoms with Crippen LogP contribution in [-0.2, 0) is 17.8 Å². The van der Waals surface area contributed by atoms with Gasteiger partial charge in [0.25, 0.3) is 11.5 Å². The van der Waals surface area contributed by atoms with Crippen molar-refractivity contribution in [3.05, 3.63) is 81.0 Å². The molecule has 2 aromatic heterocycles. The largest absolute Gasteiger partial charge is 0.355 e. The van der Waals surface area contributed by atoms with Crippen LogP contribution < -0.4 is 10.9 Å². The van der Waals surface area contributed by atoms with E-state index in [4.69, 9.17) is 4.84 Å². The number of nitrogens with one attached hydrogen (secondary N) is 2. The molecule has 1 aromatic carbocycles. The molecule has 0 bridgehead atoms. The summed E-state index contributed by atoms with van der Waals surface area (Å²) in [5, 5.41) is 4.23. The molecule has 7 nitrogen and oxygen atoms in total. The minimum absolute atomic E-state index is 0.0970. The van der Waals surface area contributed by atoms with Crippen molar-refractivity contribution in [3.8, 4) is 0 Å². The predicted molar refractivity (Wildman–Crippen MR) is 116 cm³/mol. The first-order valence-corrected chi connectivity index (χ1v) is 10.1. The first-order chi connectivity index (χ1) is 15.0. The fourth-order valence-corrected chi connectivity index (χ4v) is 3.56. The van der Waals surface area contributed by atoms with Gasteiger partial charge < -0.3 is 10.3 Å². The van der Waals surface area contributed by atoms with Crippen LogP contribution in [0.25, 0.3) is 16.6 Å². The molecule has 8 heteroatoms.